The third-order valence-electron chi connectivity index (χ3n) is 5.38. The van der Waals surface area contributed by atoms with Crippen molar-refractivity contribution < 1.29 is 29.0 Å². The van der Waals surface area contributed by atoms with Crippen LogP contribution in [0.4, 0.5) is 4.79 Å². The predicted molar refractivity (Wildman–Crippen MR) is 94.4 cm³/mol. The number of nitrogens with one attached hydrogen (secondary N) is 2. The molecule has 0 radical (unpaired) electrons. The Bertz CT molecular complexity index is 727. The van der Waals surface area contributed by atoms with Crippen LogP contribution in [0.1, 0.15) is 30.0 Å². The molecule has 2 aliphatic rings. The summed E-state index contributed by atoms with van der Waals surface area (Å²) in [5.41, 5.74) is 1.89. The summed E-state index contributed by atoms with van der Waals surface area (Å²) in [6.07, 6.45) is 1.53. The molecule has 3 rings (SSSR count). The van der Waals surface area contributed by atoms with E-state index in [0.29, 0.717) is 19.4 Å². The third-order valence-corrected chi connectivity index (χ3v) is 5.38. The van der Waals surface area contributed by atoms with E-state index in [2.05, 4.69) is 10.6 Å². The van der Waals surface area contributed by atoms with Crippen molar-refractivity contribution in [1.29, 1.82) is 0 Å². The highest BCUT2D eigenvalue weighted by Gasteiger charge is 2.42. The number of nitrogens with zero attached hydrogens (tertiary/aromatic N) is 1. The molecule has 0 saturated carbocycles. The maximum absolute atomic E-state index is 13.0. The van der Waals surface area contributed by atoms with Gasteiger partial charge in [0.25, 0.3) is 0 Å². The molecule has 9 heteroatoms. The Labute approximate surface area is 157 Å². The lowest BCUT2D eigenvalue weighted by Gasteiger charge is -2.31. The second-order valence-corrected chi connectivity index (χ2v) is 6.96. The summed E-state index contributed by atoms with van der Waals surface area (Å²) in [5.74, 6) is -1.43. The van der Waals surface area contributed by atoms with Gasteiger partial charge in [-0.15, -0.1) is 0 Å². The molecule has 0 fully saturated rings. The lowest BCUT2D eigenvalue weighted by molar-refractivity contribution is -0.134. The van der Waals surface area contributed by atoms with E-state index < -0.39 is 30.3 Å². The molecule has 0 aromatic carbocycles. The molecule has 0 bridgehead atoms. The number of amides is 2. The van der Waals surface area contributed by atoms with Crippen LogP contribution in [0, 0.1) is 5.92 Å². The minimum Gasteiger partial charge on any atom is -0.465 e. The molecule has 0 spiro atoms. The molecular weight excluding hydrogens is 354 g/mol. The van der Waals surface area contributed by atoms with E-state index in [0.717, 1.165) is 11.3 Å². The monoisotopic (exact) mass is 379 g/mol. The number of ketones is 1. The first-order chi connectivity index (χ1) is 12.9. The molecule has 1 aliphatic heterocycles. The molecule has 1 unspecified atom stereocenters. The zero-order chi connectivity index (χ0) is 19.6. The van der Waals surface area contributed by atoms with Crippen molar-refractivity contribution in [2.24, 2.45) is 5.92 Å². The SMILES string of the molecule is COC(CNC(=O)[C@H]1CC(=O)C2c3c(ccn3C1)CC[C@@H]2NC(=O)O)OC. The number of ether oxygens (including phenoxy) is 2. The Morgan fingerprint density at radius 3 is 2.78 bits per heavy atom. The van der Waals surface area contributed by atoms with Gasteiger partial charge in [-0.2, -0.15) is 0 Å². The van der Waals surface area contributed by atoms with Gasteiger partial charge in [-0.25, -0.2) is 4.79 Å². The zero-order valence-electron chi connectivity index (χ0n) is 15.4. The molecule has 1 aromatic heterocycles. The number of carbonyl (C=O) groups excluding carboxylic acids is 2. The van der Waals surface area contributed by atoms with Gasteiger partial charge in [-0.1, -0.05) is 0 Å². The molecule has 3 atom stereocenters. The van der Waals surface area contributed by atoms with Crippen molar-refractivity contribution in [3.8, 4) is 0 Å². The Hall–Kier alpha value is -2.39. The number of Topliss-reactive ketones (excluding diaryl/α,β-unsaturated/α-hetero) is 1. The number of aryl methyl sites for hydroxylation is 1. The quantitative estimate of drug-likeness (QED) is 0.619. The van der Waals surface area contributed by atoms with Gasteiger partial charge in [-0.05, 0) is 24.5 Å². The zero-order valence-corrected chi connectivity index (χ0v) is 15.4. The average Bonchev–Trinajstić information content (AvgIpc) is 2.96. The number of aromatic nitrogens is 1. The Kier molecular flexibility index (Phi) is 5.81. The van der Waals surface area contributed by atoms with E-state index >= 15 is 0 Å². The molecule has 9 nitrogen and oxygen atoms in total. The highest BCUT2D eigenvalue weighted by atomic mass is 16.7. The van der Waals surface area contributed by atoms with Gasteiger partial charge in [0.2, 0.25) is 5.91 Å². The smallest absolute Gasteiger partial charge is 0.404 e. The van der Waals surface area contributed by atoms with Crippen LogP contribution in [0.25, 0.3) is 0 Å². The van der Waals surface area contributed by atoms with Crippen molar-refractivity contribution in [1.82, 2.24) is 15.2 Å². The highest BCUT2D eigenvalue weighted by molar-refractivity contribution is 5.92. The van der Waals surface area contributed by atoms with Gasteiger partial charge in [0, 0.05) is 45.1 Å². The number of hydrogen-bond donors (Lipinski definition) is 3. The molecule has 1 aromatic rings. The van der Waals surface area contributed by atoms with Crippen molar-refractivity contribution in [3.63, 3.8) is 0 Å². The van der Waals surface area contributed by atoms with Crippen LogP contribution in [-0.2, 0) is 32.0 Å². The van der Waals surface area contributed by atoms with Crippen LogP contribution >= 0.6 is 0 Å². The lowest BCUT2D eigenvalue weighted by Crippen LogP contribution is -2.44. The molecule has 1 aliphatic carbocycles. The number of rotatable bonds is 6. The first kappa shape index (κ1) is 19.4. The van der Waals surface area contributed by atoms with Gasteiger partial charge in [-0.3, -0.25) is 9.59 Å². The fourth-order valence-corrected chi connectivity index (χ4v) is 4.08. The maximum atomic E-state index is 13.0. The molecule has 3 N–H and O–H groups in total. The minimum absolute atomic E-state index is 0.0695. The molecular formula is C18H25N3O6. The van der Waals surface area contributed by atoms with Gasteiger partial charge in [0.15, 0.2) is 6.29 Å². The Balaban J connectivity index is 1.80. The van der Waals surface area contributed by atoms with E-state index in [9.17, 15) is 14.4 Å². The normalized spacial score (nSPS) is 24.3. The van der Waals surface area contributed by atoms with Crippen LogP contribution in [0.15, 0.2) is 12.3 Å². The van der Waals surface area contributed by atoms with Crippen molar-refractivity contribution in [2.45, 2.75) is 44.1 Å². The largest absolute Gasteiger partial charge is 0.465 e. The summed E-state index contributed by atoms with van der Waals surface area (Å²) < 4.78 is 12.1. The standard InChI is InChI=1S/C18H25N3O6/c1-26-14(27-2)8-19-17(23)11-7-13(22)15-12(20-18(24)25)4-3-10-5-6-21(9-11)16(10)15/h5-6,11-12,14-15,20H,3-4,7-9H2,1-2H3,(H,19,23)(H,24,25)/t11-,12-,15?/m0/s1. The fourth-order valence-electron chi connectivity index (χ4n) is 4.08. The second kappa shape index (κ2) is 8.10. The van der Waals surface area contributed by atoms with Crippen LogP contribution < -0.4 is 10.6 Å². The van der Waals surface area contributed by atoms with Gasteiger partial charge >= 0.3 is 6.09 Å². The van der Waals surface area contributed by atoms with E-state index in [4.69, 9.17) is 14.6 Å². The number of carbonyl (C=O) groups is 3. The number of carboxylic acid groups (broad SMARTS) is 1. The van der Waals surface area contributed by atoms with Gasteiger partial charge in [0.1, 0.15) is 5.78 Å². The van der Waals surface area contributed by atoms with Crippen LogP contribution in [0.2, 0.25) is 0 Å². The highest BCUT2D eigenvalue weighted by Crippen LogP contribution is 2.37. The number of methoxy groups -OCH3 is 2. The fraction of sp³-hybridized carbons (Fsp3) is 0.611. The summed E-state index contributed by atoms with van der Waals surface area (Å²) in [6.45, 7) is 0.570. The van der Waals surface area contributed by atoms with E-state index in [-0.39, 0.29) is 24.7 Å². The summed E-state index contributed by atoms with van der Waals surface area (Å²) >= 11 is 0. The maximum Gasteiger partial charge on any atom is 0.404 e. The topological polar surface area (TPSA) is 119 Å². The summed E-state index contributed by atoms with van der Waals surface area (Å²) in [5, 5.41) is 14.4. The van der Waals surface area contributed by atoms with E-state index in [1.165, 1.54) is 14.2 Å². The minimum atomic E-state index is -1.14. The van der Waals surface area contributed by atoms with Crippen molar-refractivity contribution in [3.05, 3.63) is 23.5 Å². The van der Waals surface area contributed by atoms with Crippen LogP contribution in [0.5, 0.6) is 0 Å². The molecule has 27 heavy (non-hydrogen) atoms. The summed E-state index contributed by atoms with van der Waals surface area (Å²) in [6, 6.07) is 1.49. The average molecular weight is 379 g/mol. The second-order valence-electron chi connectivity index (χ2n) is 6.96. The third kappa shape index (κ3) is 3.98. The van der Waals surface area contributed by atoms with E-state index in [1.54, 1.807) is 0 Å². The first-order valence-corrected chi connectivity index (χ1v) is 8.98. The Morgan fingerprint density at radius 1 is 1.37 bits per heavy atom. The Morgan fingerprint density at radius 2 is 2.11 bits per heavy atom. The lowest BCUT2D eigenvalue weighted by atomic mass is 9.79. The van der Waals surface area contributed by atoms with E-state index in [1.807, 2.05) is 16.8 Å². The predicted octanol–water partition coefficient (Wildman–Crippen LogP) is 0.478. The summed E-state index contributed by atoms with van der Waals surface area (Å²) in [4.78, 5) is 36.7. The van der Waals surface area contributed by atoms with Crippen LogP contribution in [0.3, 0.4) is 0 Å². The molecule has 0 saturated heterocycles. The van der Waals surface area contributed by atoms with Gasteiger partial charge < -0.3 is 29.8 Å². The molecule has 148 valence electrons. The van der Waals surface area contributed by atoms with Crippen molar-refractivity contribution in [2.75, 3.05) is 20.8 Å². The summed E-state index contributed by atoms with van der Waals surface area (Å²) in [7, 11) is 2.97. The molecule has 2 heterocycles. The molecule has 2 amide bonds. The number of hydrogen-bond acceptors (Lipinski definition) is 5. The van der Waals surface area contributed by atoms with Gasteiger partial charge in [0.05, 0.1) is 18.4 Å². The van der Waals surface area contributed by atoms with Crippen LogP contribution in [-0.4, -0.2) is 60.6 Å². The first-order valence-electron chi connectivity index (χ1n) is 8.98. The van der Waals surface area contributed by atoms with Crippen molar-refractivity contribution >= 4 is 17.8 Å².